The number of fused-ring (bicyclic) bond motifs is 1. The molecule has 1 aromatic carbocycles. The van der Waals surface area contributed by atoms with E-state index in [0.717, 1.165) is 5.56 Å². The lowest BCUT2D eigenvalue weighted by molar-refractivity contribution is -0.117. The van der Waals surface area contributed by atoms with Crippen molar-refractivity contribution in [3.63, 3.8) is 0 Å². The van der Waals surface area contributed by atoms with Crippen molar-refractivity contribution in [2.75, 3.05) is 0 Å². The lowest BCUT2D eigenvalue weighted by Crippen LogP contribution is -2.28. The third-order valence-corrected chi connectivity index (χ3v) is 5.39. The molecule has 1 saturated carbocycles. The molecule has 9 heteroatoms. The van der Waals surface area contributed by atoms with Crippen LogP contribution in [0.15, 0.2) is 48.9 Å². The molecule has 5 rings (SSSR count). The van der Waals surface area contributed by atoms with E-state index in [4.69, 9.17) is 5.73 Å². The first-order chi connectivity index (χ1) is 14.5. The normalized spacial score (nSPS) is 18.5. The molecule has 0 atom stereocenters. The van der Waals surface area contributed by atoms with E-state index in [1.54, 1.807) is 35.2 Å². The number of carbonyl (C=O) groups excluding carboxylic acids is 1. The van der Waals surface area contributed by atoms with Gasteiger partial charge >= 0.3 is 0 Å². The van der Waals surface area contributed by atoms with Crippen molar-refractivity contribution >= 4 is 11.6 Å². The number of hydrogen-bond donors (Lipinski definition) is 1. The molecule has 152 valence electrons. The highest BCUT2D eigenvalue weighted by molar-refractivity contribution is 5.78. The Hall–Kier alpha value is -3.62. The van der Waals surface area contributed by atoms with E-state index in [1.807, 2.05) is 10.6 Å². The zero-order valence-corrected chi connectivity index (χ0v) is 15.9. The summed E-state index contributed by atoms with van der Waals surface area (Å²) in [7, 11) is 0. The molecule has 0 aliphatic heterocycles. The fraction of sp³-hybridized carbons (Fsp3) is 0.238. The van der Waals surface area contributed by atoms with E-state index in [1.165, 1.54) is 12.1 Å². The Morgan fingerprint density at radius 1 is 1.13 bits per heavy atom. The second kappa shape index (κ2) is 7.01. The van der Waals surface area contributed by atoms with Crippen molar-refractivity contribution in [3.8, 4) is 22.6 Å². The lowest BCUT2D eigenvalue weighted by atomic mass is 9.90. The molecule has 1 amide bonds. The first-order valence-electron chi connectivity index (χ1n) is 9.59. The number of rotatable bonds is 5. The van der Waals surface area contributed by atoms with Gasteiger partial charge in [-0.15, -0.1) is 0 Å². The van der Waals surface area contributed by atoms with Crippen LogP contribution in [-0.2, 0) is 11.2 Å². The number of carbonyl (C=O) groups is 1. The average Bonchev–Trinajstić information content (AvgIpc) is 3.30. The molecule has 1 fully saturated rings. The van der Waals surface area contributed by atoms with E-state index in [0.29, 0.717) is 41.3 Å². The predicted molar refractivity (Wildman–Crippen MR) is 106 cm³/mol. The molecule has 4 aromatic rings. The largest absolute Gasteiger partial charge is 0.369 e. The summed E-state index contributed by atoms with van der Waals surface area (Å²) in [5, 5.41) is 4.67. The van der Waals surface area contributed by atoms with Crippen LogP contribution in [0.5, 0.6) is 0 Å². The highest BCUT2D eigenvalue weighted by Gasteiger charge is 2.33. The minimum Gasteiger partial charge on any atom is -0.369 e. The molecule has 0 bridgehead atoms. The fourth-order valence-corrected chi connectivity index (χ4v) is 3.81. The summed E-state index contributed by atoms with van der Waals surface area (Å²) in [4.78, 5) is 20.2. The molecule has 0 spiro atoms. The average molecular weight is 408 g/mol. The number of alkyl halides is 1. The van der Waals surface area contributed by atoms with Crippen LogP contribution in [0.1, 0.15) is 24.6 Å². The Morgan fingerprint density at radius 2 is 1.90 bits per heavy atom. The maximum absolute atomic E-state index is 13.6. The third-order valence-electron chi connectivity index (χ3n) is 5.39. The Labute approximate surface area is 170 Å². The fourth-order valence-electron chi connectivity index (χ4n) is 3.81. The number of amides is 1. The van der Waals surface area contributed by atoms with E-state index in [9.17, 15) is 13.6 Å². The zero-order chi connectivity index (χ0) is 20.8. The first-order valence-corrected chi connectivity index (χ1v) is 9.59. The molecule has 2 N–H and O–H groups in total. The minimum atomic E-state index is -0.828. The number of imidazole rings is 2. The standard InChI is InChI=1S/C21H18F2N6O/c22-13-3-1-12(2-4-13)20-21(28(11-26-20)15-7-14(23)8-15)17-5-6-19-25-10-16(9-18(24)30)29(19)27-17/h1-6,10-11,14-15H,7-9H2,(H2,24,30). The first kappa shape index (κ1) is 18.4. The number of aromatic nitrogens is 5. The van der Waals surface area contributed by atoms with Crippen molar-refractivity contribution in [3.05, 3.63) is 60.4 Å². The van der Waals surface area contributed by atoms with Gasteiger partial charge in [0, 0.05) is 11.6 Å². The summed E-state index contributed by atoms with van der Waals surface area (Å²) in [5.41, 5.74) is 9.13. The van der Waals surface area contributed by atoms with Gasteiger partial charge in [0.1, 0.15) is 17.7 Å². The highest BCUT2D eigenvalue weighted by atomic mass is 19.1. The number of nitrogens with two attached hydrogens (primary N) is 1. The maximum atomic E-state index is 13.6. The topological polar surface area (TPSA) is 91.1 Å². The van der Waals surface area contributed by atoms with Crippen LogP contribution in [0.2, 0.25) is 0 Å². The minimum absolute atomic E-state index is 0.00780. The van der Waals surface area contributed by atoms with Crippen LogP contribution in [0.4, 0.5) is 8.78 Å². The van der Waals surface area contributed by atoms with E-state index >= 15 is 0 Å². The monoisotopic (exact) mass is 408 g/mol. The molecule has 0 unspecified atom stereocenters. The van der Waals surface area contributed by atoms with E-state index < -0.39 is 12.1 Å². The van der Waals surface area contributed by atoms with Crippen LogP contribution < -0.4 is 5.73 Å². The van der Waals surface area contributed by atoms with Gasteiger partial charge in [0.2, 0.25) is 5.91 Å². The van der Waals surface area contributed by atoms with Gasteiger partial charge in [0.25, 0.3) is 0 Å². The quantitative estimate of drug-likeness (QED) is 0.549. The SMILES string of the molecule is NC(=O)Cc1cnc2ccc(-c3c(-c4ccc(F)cc4)ncn3C3CC(F)C3)nn12. The number of benzene rings is 1. The van der Waals surface area contributed by atoms with Crippen LogP contribution in [-0.4, -0.2) is 36.2 Å². The van der Waals surface area contributed by atoms with Crippen LogP contribution >= 0.6 is 0 Å². The zero-order valence-electron chi connectivity index (χ0n) is 15.9. The summed E-state index contributed by atoms with van der Waals surface area (Å²) in [6.07, 6.45) is 3.24. The number of primary amides is 1. The lowest BCUT2D eigenvalue weighted by Gasteiger charge is -2.32. The van der Waals surface area contributed by atoms with Gasteiger partial charge in [0.15, 0.2) is 5.65 Å². The molecule has 3 heterocycles. The Balaban J connectivity index is 1.67. The summed E-state index contributed by atoms with van der Waals surface area (Å²) < 4.78 is 30.5. The molecular formula is C21H18F2N6O. The number of hydrogen-bond acceptors (Lipinski definition) is 4. The van der Waals surface area contributed by atoms with Crippen LogP contribution in [0.25, 0.3) is 28.3 Å². The van der Waals surface area contributed by atoms with Crippen molar-refractivity contribution < 1.29 is 13.6 Å². The summed E-state index contributed by atoms with van der Waals surface area (Å²) >= 11 is 0. The van der Waals surface area contributed by atoms with Crippen molar-refractivity contribution in [1.29, 1.82) is 0 Å². The van der Waals surface area contributed by atoms with Crippen LogP contribution in [0.3, 0.4) is 0 Å². The van der Waals surface area contributed by atoms with Gasteiger partial charge in [-0.2, -0.15) is 5.10 Å². The molecule has 3 aromatic heterocycles. The van der Waals surface area contributed by atoms with Gasteiger partial charge in [-0.25, -0.2) is 23.3 Å². The Bertz CT molecular complexity index is 1240. The smallest absolute Gasteiger partial charge is 0.223 e. The Morgan fingerprint density at radius 3 is 2.60 bits per heavy atom. The van der Waals surface area contributed by atoms with Crippen molar-refractivity contribution in [2.24, 2.45) is 5.73 Å². The summed E-state index contributed by atoms with van der Waals surface area (Å²) in [6, 6.07) is 9.62. The van der Waals surface area contributed by atoms with E-state index in [2.05, 4.69) is 15.1 Å². The molecular weight excluding hydrogens is 390 g/mol. The number of nitrogens with zero attached hydrogens (tertiary/aromatic N) is 5. The second-order valence-electron chi connectivity index (χ2n) is 7.46. The van der Waals surface area contributed by atoms with Gasteiger partial charge in [-0.3, -0.25) is 4.79 Å². The second-order valence-corrected chi connectivity index (χ2v) is 7.46. The third kappa shape index (κ3) is 3.12. The molecule has 7 nitrogen and oxygen atoms in total. The molecule has 0 saturated heterocycles. The van der Waals surface area contributed by atoms with Gasteiger partial charge in [0.05, 0.1) is 36.0 Å². The van der Waals surface area contributed by atoms with Gasteiger partial charge in [-0.1, -0.05) is 0 Å². The maximum Gasteiger partial charge on any atom is 0.223 e. The predicted octanol–water partition coefficient (Wildman–Crippen LogP) is 3.10. The van der Waals surface area contributed by atoms with Crippen LogP contribution in [0, 0.1) is 5.82 Å². The van der Waals surface area contributed by atoms with Crippen molar-refractivity contribution in [2.45, 2.75) is 31.5 Å². The summed E-state index contributed by atoms with van der Waals surface area (Å²) in [6.45, 7) is 0. The molecule has 0 radical (unpaired) electrons. The molecule has 1 aliphatic rings. The van der Waals surface area contributed by atoms with Crippen molar-refractivity contribution in [1.82, 2.24) is 24.1 Å². The molecule has 1 aliphatic carbocycles. The summed E-state index contributed by atoms with van der Waals surface area (Å²) in [5.74, 6) is -0.822. The van der Waals surface area contributed by atoms with E-state index in [-0.39, 0.29) is 18.3 Å². The molecule has 30 heavy (non-hydrogen) atoms. The Kier molecular flexibility index (Phi) is 4.30. The van der Waals surface area contributed by atoms with Gasteiger partial charge in [-0.05, 0) is 49.2 Å². The highest BCUT2D eigenvalue weighted by Crippen LogP contribution is 2.40. The number of halogens is 2. The van der Waals surface area contributed by atoms with Gasteiger partial charge < -0.3 is 10.3 Å².